The number of aromatic nitrogens is 3. The molecular weight excluding hydrogens is 274 g/mol. The van der Waals surface area contributed by atoms with Crippen molar-refractivity contribution in [3.8, 4) is 11.8 Å². The van der Waals surface area contributed by atoms with E-state index in [-0.39, 0.29) is 5.82 Å². The van der Waals surface area contributed by atoms with Gasteiger partial charge in [-0.05, 0) is 24.1 Å². The number of para-hydroxylation sites is 1. The summed E-state index contributed by atoms with van der Waals surface area (Å²) in [6.45, 7) is 5.92. The van der Waals surface area contributed by atoms with Crippen LogP contribution in [0.1, 0.15) is 25.2 Å². The van der Waals surface area contributed by atoms with E-state index in [4.69, 9.17) is 16.9 Å². The summed E-state index contributed by atoms with van der Waals surface area (Å²) in [6.07, 6.45) is 1.51. The summed E-state index contributed by atoms with van der Waals surface area (Å²) < 4.78 is 1.55. The molecule has 2 rings (SSSR count). The number of benzene rings is 1. The summed E-state index contributed by atoms with van der Waals surface area (Å²) in [6, 6.07) is 7.61. The highest BCUT2D eigenvalue weighted by Crippen LogP contribution is 2.23. The molecule has 1 N–H and O–H groups in total. The zero-order valence-electron chi connectivity index (χ0n) is 11.5. The molecule has 0 spiro atoms. The molecule has 104 valence electrons. The van der Waals surface area contributed by atoms with Crippen molar-refractivity contribution in [2.24, 2.45) is 5.92 Å². The van der Waals surface area contributed by atoms with Gasteiger partial charge in [-0.15, -0.1) is 5.10 Å². The van der Waals surface area contributed by atoms with Gasteiger partial charge in [0.25, 0.3) is 5.82 Å². The Morgan fingerprint density at radius 1 is 1.45 bits per heavy atom. The molecule has 2 aromatic rings. The van der Waals surface area contributed by atoms with E-state index in [9.17, 15) is 0 Å². The zero-order valence-corrected chi connectivity index (χ0v) is 12.2. The van der Waals surface area contributed by atoms with Crippen LogP contribution < -0.4 is 5.32 Å². The van der Waals surface area contributed by atoms with Gasteiger partial charge in [0.05, 0.1) is 10.7 Å². The second-order valence-corrected chi connectivity index (χ2v) is 5.30. The summed E-state index contributed by atoms with van der Waals surface area (Å²) in [7, 11) is 0. The molecule has 0 atom stereocenters. The van der Waals surface area contributed by atoms with Crippen LogP contribution in [0, 0.1) is 17.2 Å². The SMILES string of the molecule is CC(C)CNCc1cccc(Cl)c1-n1cnc(C#N)n1. The molecule has 0 bridgehead atoms. The third-order valence-electron chi connectivity index (χ3n) is 2.76. The van der Waals surface area contributed by atoms with Crippen LogP contribution in [0.25, 0.3) is 5.69 Å². The van der Waals surface area contributed by atoms with Gasteiger partial charge < -0.3 is 5.32 Å². The molecule has 20 heavy (non-hydrogen) atoms. The fraction of sp³-hybridized carbons (Fsp3) is 0.357. The van der Waals surface area contributed by atoms with Gasteiger partial charge in [-0.25, -0.2) is 9.67 Å². The Labute approximate surface area is 123 Å². The smallest absolute Gasteiger partial charge is 0.252 e. The Hall–Kier alpha value is -1.90. The summed E-state index contributed by atoms with van der Waals surface area (Å²) in [5.41, 5.74) is 1.78. The van der Waals surface area contributed by atoms with Crippen LogP contribution in [-0.4, -0.2) is 21.3 Å². The van der Waals surface area contributed by atoms with Crippen molar-refractivity contribution in [3.05, 3.63) is 40.9 Å². The lowest BCUT2D eigenvalue weighted by molar-refractivity contribution is 0.551. The first kappa shape index (κ1) is 14.5. The maximum Gasteiger partial charge on any atom is 0.252 e. The van der Waals surface area contributed by atoms with E-state index in [1.807, 2.05) is 18.2 Å². The summed E-state index contributed by atoms with van der Waals surface area (Å²) >= 11 is 6.26. The van der Waals surface area contributed by atoms with Crippen molar-refractivity contribution in [1.82, 2.24) is 20.1 Å². The van der Waals surface area contributed by atoms with Gasteiger partial charge >= 0.3 is 0 Å². The third-order valence-corrected chi connectivity index (χ3v) is 3.06. The standard InChI is InChI=1S/C14H16ClN5/c1-10(2)7-17-8-11-4-3-5-12(15)14(11)20-9-18-13(6-16)19-20/h3-5,9-10,17H,7-8H2,1-2H3. The third kappa shape index (κ3) is 3.35. The van der Waals surface area contributed by atoms with Crippen LogP contribution in [0.2, 0.25) is 5.02 Å². The zero-order chi connectivity index (χ0) is 14.5. The van der Waals surface area contributed by atoms with Crippen LogP contribution >= 0.6 is 11.6 Å². The minimum absolute atomic E-state index is 0.131. The number of hydrogen-bond acceptors (Lipinski definition) is 4. The molecule has 0 radical (unpaired) electrons. The Bertz CT molecular complexity index is 627. The predicted molar refractivity (Wildman–Crippen MR) is 77.6 cm³/mol. The normalized spacial score (nSPS) is 10.8. The molecular formula is C14H16ClN5. The minimum atomic E-state index is 0.131. The van der Waals surface area contributed by atoms with E-state index in [2.05, 4.69) is 29.2 Å². The highest BCUT2D eigenvalue weighted by Gasteiger charge is 2.11. The maximum absolute atomic E-state index is 8.81. The van der Waals surface area contributed by atoms with Crippen molar-refractivity contribution in [3.63, 3.8) is 0 Å². The van der Waals surface area contributed by atoms with E-state index in [0.29, 0.717) is 17.5 Å². The topological polar surface area (TPSA) is 66.5 Å². The molecule has 1 heterocycles. The number of halogens is 1. The van der Waals surface area contributed by atoms with Crippen LogP contribution in [-0.2, 0) is 6.54 Å². The van der Waals surface area contributed by atoms with E-state index < -0.39 is 0 Å². The molecule has 0 aliphatic heterocycles. The Kier molecular flexibility index (Phi) is 4.72. The first-order valence-electron chi connectivity index (χ1n) is 6.42. The van der Waals surface area contributed by atoms with Crippen LogP contribution in [0.3, 0.4) is 0 Å². The lowest BCUT2D eigenvalue weighted by Gasteiger charge is -2.13. The Morgan fingerprint density at radius 3 is 2.90 bits per heavy atom. The molecule has 0 fully saturated rings. The molecule has 0 saturated heterocycles. The molecule has 0 aliphatic carbocycles. The number of nitriles is 1. The van der Waals surface area contributed by atoms with E-state index in [1.165, 1.54) is 6.33 Å². The lowest BCUT2D eigenvalue weighted by atomic mass is 10.1. The predicted octanol–water partition coefficient (Wildman–Crippen LogP) is 2.54. The highest BCUT2D eigenvalue weighted by atomic mass is 35.5. The van der Waals surface area contributed by atoms with Gasteiger partial charge in [-0.1, -0.05) is 37.6 Å². The number of hydrogen-bond donors (Lipinski definition) is 1. The Morgan fingerprint density at radius 2 is 2.25 bits per heavy atom. The maximum atomic E-state index is 8.81. The molecule has 0 amide bonds. The summed E-state index contributed by atoms with van der Waals surface area (Å²) in [4.78, 5) is 3.91. The fourth-order valence-corrected chi connectivity index (χ4v) is 2.16. The molecule has 0 saturated carbocycles. The number of nitrogens with zero attached hydrogens (tertiary/aromatic N) is 4. The van der Waals surface area contributed by atoms with Crippen molar-refractivity contribution in [2.75, 3.05) is 6.54 Å². The second-order valence-electron chi connectivity index (χ2n) is 4.90. The molecule has 0 aliphatic rings. The average molecular weight is 290 g/mol. The van der Waals surface area contributed by atoms with Crippen LogP contribution in [0.15, 0.2) is 24.5 Å². The Balaban J connectivity index is 2.29. The molecule has 0 unspecified atom stereocenters. The van der Waals surface area contributed by atoms with E-state index >= 15 is 0 Å². The number of nitrogens with one attached hydrogen (secondary N) is 1. The van der Waals surface area contributed by atoms with Gasteiger partial charge in [-0.3, -0.25) is 0 Å². The van der Waals surface area contributed by atoms with E-state index in [1.54, 1.807) is 10.7 Å². The van der Waals surface area contributed by atoms with Crippen molar-refractivity contribution < 1.29 is 0 Å². The molecule has 1 aromatic heterocycles. The first-order chi connectivity index (χ1) is 9.61. The molecule has 6 heteroatoms. The van der Waals surface area contributed by atoms with Crippen LogP contribution in [0.5, 0.6) is 0 Å². The van der Waals surface area contributed by atoms with Crippen molar-refractivity contribution in [1.29, 1.82) is 5.26 Å². The van der Waals surface area contributed by atoms with Gasteiger partial charge in [0.2, 0.25) is 0 Å². The van der Waals surface area contributed by atoms with Crippen LogP contribution in [0.4, 0.5) is 0 Å². The van der Waals surface area contributed by atoms with Gasteiger partial charge in [0.15, 0.2) is 0 Å². The summed E-state index contributed by atoms with van der Waals surface area (Å²) in [5, 5.41) is 16.9. The largest absolute Gasteiger partial charge is 0.312 e. The highest BCUT2D eigenvalue weighted by molar-refractivity contribution is 6.32. The van der Waals surface area contributed by atoms with Crippen molar-refractivity contribution in [2.45, 2.75) is 20.4 Å². The van der Waals surface area contributed by atoms with Gasteiger partial charge in [-0.2, -0.15) is 5.26 Å². The lowest BCUT2D eigenvalue weighted by Crippen LogP contribution is -2.20. The van der Waals surface area contributed by atoms with Crippen molar-refractivity contribution >= 4 is 11.6 Å². The second kappa shape index (κ2) is 6.51. The first-order valence-corrected chi connectivity index (χ1v) is 6.80. The fourth-order valence-electron chi connectivity index (χ4n) is 1.88. The van der Waals surface area contributed by atoms with Gasteiger partial charge in [0.1, 0.15) is 12.4 Å². The summed E-state index contributed by atoms with van der Waals surface area (Å²) in [5.74, 6) is 0.709. The average Bonchev–Trinajstić information content (AvgIpc) is 2.87. The number of rotatable bonds is 5. The molecule has 1 aromatic carbocycles. The monoisotopic (exact) mass is 289 g/mol. The van der Waals surface area contributed by atoms with E-state index in [0.717, 1.165) is 17.8 Å². The quantitative estimate of drug-likeness (QED) is 0.918. The van der Waals surface area contributed by atoms with Gasteiger partial charge in [0, 0.05) is 6.54 Å². The minimum Gasteiger partial charge on any atom is -0.312 e. The molecule has 5 nitrogen and oxygen atoms in total.